The molecule has 1 heterocycles. The number of imide groups is 1. The summed E-state index contributed by atoms with van der Waals surface area (Å²) in [7, 11) is 0. The Labute approximate surface area is 179 Å². The van der Waals surface area contributed by atoms with Gasteiger partial charge in [0.1, 0.15) is 0 Å². The number of nitrogens with zero attached hydrogens (tertiary/aromatic N) is 1. The number of alkyl halides is 2. The van der Waals surface area contributed by atoms with E-state index in [1.165, 1.54) is 4.90 Å². The van der Waals surface area contributed by atoms with Gasteiger partial charge in [-0.05, 0) is 43.2 Å². The van der Waals surface area contributed by atoms with Crippen molar-refractivity contribution in [2.24, 2.45) is 11.8 Å². The Morgan fingerprint density at radius 3 is 2.11 bits per heavy atom. The van der Waals surface area contributed by atoms with Crippen LogP contribution in [0.5, 0.6) is 0 Å². The molecule has 4 rings (SSSR count). The number of amides is 3. The maximum absolute atomic E-state index is 12.9. The molecule has 28 heavy (non-hydrogen) atoms. The summed E-state index contributed by atoms with van der Waals surface area (Å²) in [5.41, 5.74) is 1.53. The lowest BCUT2D eigenvalue weighted by Crippen LogP contribution is -2.34. The second kappa shape index (κ2) is 7.79. The van der Waals surface area contributed by atoms with E-state index >= 15 is 0 Å². The van der Waals surface area contributed by atoms with Crippen molar-refractivity contribution >= 4 is 61.0 Å². The zero-order valence-electron chi connectivity index (χ0n) is 14.8. The molecule has 7 heteroatoms. The molecule has 144 valence electrons. The molecular weight excluding hydrogens is 488 g/mol. The van der Waals surface area contributed by atoms with E-state index in [4.69, 9.17) is 0 Å². The first-order valence-electron chi connectivity index (χ1n) is 9.08. The third-order valence-corrected chi connectivity index (χ3v) is 8.04. The van der Waals surface area contributed by atoms with Crippen molar-refractivity contribution < 1.29 is 14.4 Å². The van der Waals surface area contributed by atoms with Gasteiger partial charge < -0.3 is 5.32 Å². The lowest BCUT2D eigenvalue weighted by molar-refractivity contribution is -0.122. The van der Waals surface area contributed by atoms with Gasteiger partial charge in [-0.25, -0.2) is 0 Å². The van der Waals surface area contributed by atoms with Gasteiger partial charge in [0.25, 0.3) is 5.91 Å². The van der Waals surface area contributed by atoms with Gasteiger partial charge in [0.05, 0.1) is 17.5 Å². The standard InChI is InChI=1S/C21H18Br2N2O3/c22-17-10-15-16(11-18(17)23)21(28)25(20(15)27)14-8-4-5-12(9-14)19(26)24-13-6-2-1-3-7-13/h1-9,15-18H,10-11H2,(H,24,26)/t15-,16-,17+,18+/m1/s1. The fourth-order valence-corrected chi connectivity index (χ4v) is 5.10. The number of fused-ring (bicyclic) bond motifs is 1. The van der Waals surface area contributed by atoms with Crippen LogP contribution in [0.2, 0.25) is 0 Å². The molecule has 1 aliphatic heterocycles. The van der Waals surface area contributed by atoms with Crippen molar-refractivity contribution in [2.45, 2.75) is 22.5 Å². The number of rotatable bonds is 3. The second-order valence-corrected chi connectivity index (χ2v) is 9.45. The van der Waals surface area contributed by atoms with E-state index in [9.17, 15) is 14.4 Å². The first-order chi connectivity index (χ1) is 13.5. The summed E-state index contributed by atoms with van der Waals surface area (Å²) in [5.74, 6) is -1.27. The van der Waals surface area contributed by atoms with Crippen molar-refractivity contribution in [1.82, 2.24) is 0 Å². The Bertz CT molecular complexity index is 906. The van der Waals surface area contributed by atoms with Gasteiger partial charge in [0.2, 0.25) is 11.8 Å². The fraction of sp³-hybridized carbons (Fsp3) is 0.286. The van der Waals surface area contributed by atoms with Gasteiger partial charge in [0.15, 0.2) is 0 Å². The van der Waals surface area contributed by atoms with Crippen LogP contribution in [0.25, 0.3) is 0 Å². The SMILES string of the molecule is O=C(Nc1ccccc1)c1cccc(N2C(=O)[C@@H]3C[C@H](Br)[C@@H](Br)C[C@H]3C2=O)c1. The summed E-state index contributed by atoms with van der Waals surface area (Å²) in [6.45, 7) is 0. The third kappa shape index (κ3) is 3.53. The topological polar surface area (TPSA) is 66.5 Å². The van der Waals surface area contributed by atoms with Gasteiger partial charge in [-0.2, -0.15) is 0 Å². The zero-order chi connectivity index (χ0) is 19.8. The minimum atomic E-state index is -0.313. The average molecular weight is 506 g/mol. The minimum absolute atomic E-state index is 0.161. The summed E-state index contributed by atoms with van der Waals surface area (Å²) >= 11 is 7.19. The first kappa shape index (κ1) is 19.3. The maximum atomic E-state index is 12.9. The normalized spacial score (nSPS) is 26.9. The largest absolute Gasteiger partial charge is 0.322 e. The highest BCUT2D eigenvalue weighted by atomic mass is 79.9. The Morgan fingerprint density at radius 2 is 1.50 bits per heavy atom. The van der Waals surface area contributed by atoms with Gasteiger partial charge >= 0.3 is 0 Å². The molecule has 2 aromatic carbocycles. The van der Waals surface area contributed by atoms with Crippen molar-refractivity contribution in [2.75, 3.05) is 10.2 Å². The molecule has 1 saturated heterocycles. The van der Waals surface area contributed by atoms with E-state index in [1.807, 2.05) is 18.2 Å². The Balaban J connectivity index is 1.58. The number of carbonyl (C=O) groups is 3. The Hall–Kier alpha value is -1.99. The summed E-state index contributed by atoms with van der Waals surface area (Å²) in [6, 6.07) is 15.8. The molecule has 0 spiro atoms. The molecule has 0 aromatic heterocycles. The van der Waals surface area contributed by atoms with Crippen molar-refractivity contribution in [1.29, 1.82) is 0 Å². The van der Waals surface area contributed by atoms with Crippen molar-refractivity contribution in [3.05, 3.63) is 60.2 Å². The van der Waals surface area contributed by atoms with Crippen LogP contribution in [0.1, 0.15) is 23.2 Å². The third-order valence-electron chi connectivity index (χ3n) is 5.31. The van der Waals surface area contributed by atoms with Crippen LogP contribution in [0.3, 0.4) is 0 Å². The number of halogens is 2. The summed E-state index contributed by atoms with van der Waals surface area (Å²) in [4.78, 5) is 40.0. The van der Waals surface area contributed by atoms with Crippen molar-refractivity contribution in [3.63, 3.8) is 0 Å². The molecule has 1 saturated carbocycles. The monoisotopic (exact) mass is 504 g/mol. The number of carbonyl (C=O) groups excluding carboxylic acids is 3. The van der Waals surface area contributed by atoms with E-state index in [2.05, 4.69) is 37.2 Å². The van der Waals surface area contributed by atoms with E-state index in [0.29, 0.717) is 29.8 Å². The molecule has 2 aromatic rings. The molecule has 2 fully saturated rings. The number of nitrogens with one attached hydrogen (secondary N) is 1. The van der Waals surface area contributed by atoms with E-state index in [-0.39, 0.29) is 39.2 Å². The molecule has 1 aliphatic carbocycles. The highest BCUT2D eigenvalue weighted by molar-refractivity contribution is 9.12. The van der Waals surface area contributed by atoms with E-state index < -0.39 is 0 Å². The molecule has 0 unspecified atom stereocenters. The molecule has 3 amide bonds. The van der Waals surface area contributed by atoms with Crippen LogP contribution in [-0.4, -0.2) is 27.4 Å². The lowest BCUT2D eigenvalue weighted by Gasteiger charge is -2.29. The molecular formula is C21H18Br2N2O3. The summed E-state index contributed by atoms with van der Waals surface area (Å²) in [6.07, 6.45) is 1.24. The average Bonchev–Trinajstić information content (AvgIpc) is 2.93. The number of para-hydroxylation sites is 1. The van der Waals surface area contributed by atoms with Crippen molar-refractivity contribution in [3.8, 4) is 0 Å². The number of hydrogen-bond acceptors (Lipinski definition) is 3. The second-order valence-electron chi connectivity index (χ2n) is 7.10. The van der Waals surface area contributed by atoms with Gasteiger partial charge in [-0.3, -0.25) is 19.3 Å². The predicted octanol–water partition coefficient (Wildman–Crippen LogP) is 4.37. The highest BCUT2D eigenvalue weighted by Gasteiger charge is 2.52. The minimum Gasteiger partial charge on any atom is -0.322 e. The fourth-order valence-electron chi connectivity index (χ4n) is 3.86. The van der Waals surface area contributed by atoms with Gasteiger partial charge in [-0.1, -0.05) is 56.1 Å². The van der Waals surface area contributed by atoms with Gasteiger partial charge in [-0.15, -0.1) is 0 Å². The lowest BCUT2D eigenvalue weighted by atomic mass is 9.81. The molecule has 4 atom stereocenters. The first-order valence-corrected chi connectivity index (χ1v) is 10.9. The number of benzene rings is 2. The summed E-state index contributed by atoms with van der Waals surface area (Å²) in [5, 5.41) is 2.82. The van der Waals surface area contributed by atoms with Crippen LogP contribution in [-0.2, 0) is 9.59 Å². The predicted molar refractivity (Wildman–Crippen MR) is 115 cm³/mol. The van der Waals surface area contributed by atoms with Crippen LogP contribution in [0.4, 0.5) is 11.4 Å². The zero-order valence-corrected chi connectivity index (χ0v) is 18.0. The Morgan fingerprint density at radius 1 is 0.893 bits per heavy atom. The smallest absolute Gasteiger partial charge is 0.255 e. The number of hydrogen-bond donors (Lipinski definition) is 1. The molecule has 1 N–H and O–H groups in total. The van der Waals surface area contributed by atoms with Crippen LogP contribution >= 0.6 is 31.9 Å². The Kier molecular flexibility index (Phi) is 5.38. The quantitative estimate of drug-likeness (QED) is 0.497. The summed E-state index contributed by atoms with van der Waals surface area (Å²) < 4.78 is 0. The van der Waals surface area contributed by atoms with Crippen LogP contribution in [0.15, 0.2) is 54.6 Å². The molecule has 5 nitrogen and oxygen atoms in total. The molecule has 0 radical (unpaired) electrons. The van der Waals surface area contributed by atoms with E-state index in [1.54, 1.807) is 36.4 Å². The molecule has 0 bridgehead atoms. The van der Waals surface area contributed by atoms with Crippen LogP contribution < -0.4 is 10.2 Å². The van der Waals surface area contributed by atoms with Crippen LogP contribution in [0, 0.1) is 11.8 Å². The van der Waals surface area contributed by atoms with Gasteiger partial charge in [0, 0.05) is 20.9 Å². The maximum Gasteiger partial charge on any atom is 0.255 e. The molecule has 2 aliphatic rings. The number of anilines is 2. The highest BCUT2D eigenvalue weighted by Crippen LogP contribution is 2.44. The van der Waals surface area contributed by atoms with E-state index in [0.717, 1.165) is 0 Å².